The Balaban J connectivity index is 2.87. The summed E-state index contributed by atoms with van der Waals surface area (Å²) in [5, 5.41) is 0. The van der Waals surface area contributed by atoms with Crippen LogP contribution < -0.4 is 5.73 Å². The molecule has 0 radical (unpaired) electrons. The summed E-state index contributed by atoms with van der Waals surface area (Å²) in [6.07, 6.45) is 1.46. The van der Waals surface area contributed by atoms with Crippen LogP contribution in [0.15, 0.2) is 16.7 Å². The molecule has 0 saturated carbocycles. The Morgan fingerprint density at radius 2 is 2.46 bits per heavy atom. The van der Waals surface area contributed by atoms with Crippen molar-refractivity contribution in [2.24, 2.45) is 5.73 Å². The van der Waals surface area contributed by atoms with E-state index in [2.05, 4.69) is 0 Å². The Hall–Kier alpha value is -1.13. The molecule has 0 bridgehead atoms. The van der Waals surface area contributed by atoms with Crippen molar-refractivity contribution in [2.45, 2.75) is 19.6 Å². The van der Waals surface area contributed by atoms with Gasteiger partial charge in [0.25, 0.3) is 0 Å². The summed E-state index contributed by atoms with van der Waals surface area (Å²) < 4.78 is 9.93. The first-order chi connectivity index (χ1) is 6.16. The molecule has 1 aromatic heterocycles. The average molecular weight is 183 g/mol. The minimum Gasteiger partial charge on any atom is -0.461 e. The summed E-state index contributed by atoms with van der Waals surface area (Å²) in [6.45, 7) is 1.99. The molecular weight excluding hydrogens is 170 g/mol. The van der Waals surface area contributed by atoms with E-state index in [0.29, 0.717) is 12.4 Å². The molecule has 1 heterocycles. The highest BCUT2D eigenvalue weighted by Crippen LogP contribution is 2.13. The Labute approximate surface area is 76.7 Å². The van der Waals surface area contributed by atoms with Gasteiger partial charge in [0.1, 0.15) is 0 Å². The van der Waals surface area contributed by atoms with E-state index in [9.17, 15) is 4.79 Å². The zero-order valence-corrected chi connectivity index (χ0v) is 7.74. The smallest absolute Gasteiger partial charge is 0.214 e. The number of furan rings is 1. The van der Waals surface area contributed by atoms with Gasteiger partial charge in [-0.25, -0.2) is 0 Å². The van der Waals surface area contributed by atoms with E-state index in [1.54, 1.807) is 20.1 Å². The highest BCUT2D eigenvalue weighted by Gasteiger charge is 2.18. The molecule has 1 rings (SSSR count). The fourth-order valence-electron chi connectivity index (χ4n) is 1.03. The second-order valence-electron chi connectivity index (χ2n) is 2.86. The van der Waals surface area contributed by atoms with E-state index in [0.717, 1.165) is 5.56 Å². The van der Waals surface area contributed by atoms with Crippen LogP contribution in [0.2, 0.25) is 0 Å². The standard InChI is InChI=1S/C9H13NO3/c1-6(10)8(11)9-7(5-12-2)3-4-13-9/h3-4,6H,5,10H2,1-2H3. The van der Waals surface area contributed by atoms with Gasteiger partial charge in [0, 0.05) is 12.7 Å². The average Bonchev–Trinajstić information content (AvgIpc) is 2.52. The maximum absolute atomic E-state index is 11.4. The third-order valence-corrected chi connectivity index (χ3v) is 1.68. The van der Waals surface area contributed by atoms with Gasteiger partial charge in [-0.1, -0.05) is 0 Å². The molecule has 4 heteroatoms. The van der Waals surface area contributed by atoms with Crippen molar-refractivity contribution in [3.8, 4) is 0 Å². The van der Waals surface area contributed by atoms with Gasteiger partial charge < -0.3 is 14.9 Å². The van der Waals surface area contributed by atoms with Crippen LogP contribution in [0.5, 0.6) is 0 Å². The summed E-state index contributed by atoms with van der Waals surface area (Å²) in [7, 11) is 1.56. The van der Waals surface area contributed by atoms with Crippen LogP contribution in [-0.2, 0) is 11.3 Å². The first-order valence-electron chi connectivity index (χ1n) is 4.02. The zero-order valence-electron chi connectivity index (χ0n) is 7.74. The van der Waals surface area contributed by atoms with E-state index in [1.807, 2.05) is 0 Å². The molecular formula is C9H13NO3. The molecule has 0 aromatic carbocycles. The quantitative estimate of drug-likeness (QED) is 0.706. The monoisotopic (exact) mass is 183 g/mol. The molecule has 0 aliphatic heterocycles. The minimum absolute atomic E-state index is 0.197. The first-order valence-corrected chi connectivity index (χ1v) is 4.02. The van der Waals surface area contributed by atoms with Crippen molar-refractivity contribution < 1.29 is 13.9 Å². The molecule has 2 N–H and O–H groups in total. The number of ketones is 1. The molecule has 0 saturated heterocycles. The van der Waals surface area contributed by atoms with Crippen LogP contribution in [-0.4, -0.2) is 18.9 Å². The number of ether oxygens (including phenoxy) is 1. The minimum atomic E-state index is -0.540. The van der Waals surface area contributed by atoms with E-state index < -0.39 is 6.04 Å². The third kappa shape index (κ3) is 2.17. The van der Waals surface area contributed by atoms with Gasteiger partial charge in [0.2, 0.25) is 5.78 Å². The van der Waals surface area contributed by atoms with Crippen molar-refractivity contribution in [1.29, 1.82) is 0 Å². The van der Waals surface area contributed by atoms with Gasteiger partial charge in [-0.3, -0.25) is 4.79 Å². The molecule has 1 aromatic rings. The van der Waals surface area contributed by atoms with Crippen LogP contribution in [0.3, 0.4) is 0 Å². The summed E-state index contributed by atoms with van der Waals surface area (Å²) in [5.74, 6) is 0.105. The fourth-order valence-corrected chi connectivity index (χ4v) is 1.03. The van der Waals surface area contributed by atoms with Gasteiger partial charge in [-0.15, -0.1) is 0 Å². The predicted molar refractivity (Wildman–Crippen MR) is 47.4 cm³/mol. The van der Waals surface area contributed by atoms with Crippen molar-refractivity contribution >= 4 is 5.78 Å². The number of hydrogen-bond donors (Lipinski definition) is 1. The maximum Gasteiger partial charge on any atom is 0.214 e. The normalized spacial score (nSPS) is 12.8. The van der Waals surface area contributed by atoms with Crippen molar-refractivity contribution in [3.05, 3.63) is 23.7 Å². The molecule has 13 heavy (non-hydrogen) atoms. The molecule has 0 aliphatic rings. The van der Waals surface area contributed by atoms with Gasteiger partial charge in [0.05, 0.1) is 18.9 Å². The lowest BCUT2D eigenvalue weighted by Gasteiger charge is -2.03. The highest BCUT2D eigenvalue weighted by molar-refractivity contribution is 5.98. The Kier molecular flexibility index (Phi) is 3.22. The molecule has 0 amide bonds. The topological polar surface area (TPSA) is 65.5 Å². The molecule has 1 unspecified atom stereocenters. The largest absolute Gasteiger partial charge is 0.461 e. The van der Waals surface area contributed by atoms with Crippen LogP contribution in [0, 0.1) is 0 Å². The Morgan fingerprint density at radius 1 is 1.77 bits per heavy atom. The van der Waals surface area contributed by atoms with Crippen LogP contribution in [0.1, 0.15) is 23.0 Å². The lowest BCUT2D eigenvalue weighted by Crippen LogP contribution is -2.27. The van der Waals surface area contributed by atoms with Gasteiger partial charge in [-0.2, -0.15) is 0 Å². The summed E-state index contributed by atoms with van der Waals surface area (Å²) in [6, 6.07) is 1.17. The van der Waals surface area contributed by atoms with Crippen LogP contribution >= 0.6 is 0 Å². The highest BCUT2D eigenvalue weighted by atomic mass is 16.5. The van der Waals surface area contributed by atoms with E-state index >= 15 is 0 Å². The Morgan fingerprint density at radius 3 is 3.00 bits per heavy atom. The van der Waals surface area contributed by atoms with Gasteiger partial charge >= 0.3 is 0 Å². The summed E-state index contributed by atoms with van der Waals surface area (Å²) in [4.78, 5) is 11.4. The molecule has 0 fully saturated rings. The SMILES string of the molecule is COCc1ccoc1C(=O)C(C)N. The second kappa shape index (κ2) is 4.20. The van der Waals surface area contributed by atoms with E-state index in [-0.39, 0.29) is 5.78 Å². The summed E-state index contributed by atoms with van der Waals surface area (Å²) in [5.41, 5.74) is 6.18. The maximum atomic E-state index is 11.4. The molecule has 0 spiro atoms. The number of methoxy groups -OCH3 is 1. The van der Waals surface area contributed by atoms with Crippen molar-refractivity contribution in [1.82, 2.24) is 0 Å². The number of carbonyl (C=O) groups is 1. The number of Topliss-reactive ketones (excluding diaryl/α,β-unsaturated/α-hetero) is 1. The summed E-state index contributed by atoms with van der Waals surface area (Å²) >= 11 is 0. The molecule has 72 valence electrons. The molecule has 1 atom stereocenters. The number of rotatable bonds is 4. The van der Waals surface area contributed by atoms with Crippen molar-refractivity contribution in [3.63, 3.8) is 0 Å². The van der Waals surface area contributed by atoms with Crippen LogP contribution in [0.25, 0.3) is 0 Å². The van der Waals surface area contributed by atoms with E-state index in [4.69, 9.17) is 14.9 Å². The van der Waals surface area contributed by atoms with Crippen molar-refractivity contribution in [2.75, 3.05) is 7.11 Å². The van der Waals surface area contributed by atoms with Crippen LogP contribution in [0.4, 0.5) is 0 Å². The fraction of sp³-hybridized carbons (Fsp3) is 0.444. The van der Waals surface area contributed by atoms with Gasteiger partial charge in [-0.05, 0) is 13.0 Å². The number of nitrogens with two attached hydrogens (primary N) is 1. The lowest BCUT2D eigenvalue weighted by atomic mass is 10.1. The first kappa shape index (κ1) is 9.95. The number of carbonyl (C=O) groups excluding carboxylic acids is 1. The van der Waals surface area contributed by atoms with E-state index in [1.165, 1.54) is 6.26 Å². The Bertz CT molecular complexity index is 291. The molecule has 4 nitrogen and oxygen atoms in total. The van der Waals surface area contributed by atoms with Gasteiger partial charge in [0.15, 0.2) is 5.76 Å². The zero-order chi connectivity index (χ0) is 9.84. The lowest BCUT2D eigenvalue weighted by molar-refractivity contribution is 0.0934. The second-order valence-corrected chi connectivity index (χ2v) is 2.86. The molecule has 0 aliphatic carbocycles. The number of hydrogen-bond acceptors (Lipinski definition) is 4. The third-order valence-electron chi connectivity index (χ3n) is 1.68. The predicted octanol–water partition coefficient (Wildman–Crippen LogP) is 0.956.